The van der Waals surface area contributed by atoms with Crippen molar-refractivity contribution in [1.82, 2.24) is 0 Å². The first kappa shape index (κ1) is 12.1. The number of hydrogen-bond donors (Lipinski definition) is 2. The van der Waals surface area contributed by atoms with E-state index in [0.717, 1.165) is 5.69 Å². The fourth-order valence-electron chi connectivity index (χ4n) is 0.846. The van der Waals surface area contributed by atoms with Crippen LogP contribution in [0.1, 0.15) is 6.92 Å². The summed E-state index contributed by atoms with van der Waals surface area (Å²) in [5.41, 5.74) is 0.826. The topological polar surface area (TPSA) is 49.3 Å². The Kier molecular flexibility index (Phi) is 5.32. The number of aliphatic carboxylic acids is 1. The Morgan fingerprint density at radius 2 is 1.92 bits per heavy atom. The van der Waals surface area contributed by atoms with E-state index in [2.05, 4.69) is 5.32 Å². The Labute approximate surface area is 89.9 Å². The van der Waals surface area contributed by atoms with Crippen LogP contribution in [0.5, 0.6) is 0 Å². The second-order valence-electron chi connectivity index (χ2n) is 2.57. The van der Waals surface area contributed by atoms with E-state index in [-0.39, 0.29) is 19.5 Å². The van der Waals surface area contributed by atoms with Gasteiger partial charge in [-0.2, -0.15) is 0 Å². The molecule has 0 aliphatic rings. The molecule has 4 heteroatoms. The molecule has 13 heavy (non-hydrogen) atoms. The first-order chi connectivity index (χ1) is 5.70. The van der Waals surface area contributed by atoms with Crippen molar-refractivity contribution >= 4 is 11.7 Å². The molecule has 0 spiro atoms. The number of carbonyl (C=O) groups is 1. The van der Waals surface area contributed by atoms with Gasteiger partial charge in [0.2, 0.25) is 0 Å². The average molecular weight is 231 g/mol. The molecule has 0 radical (unpaired) electrons. The van der Waals surface area contributed by atoms with Crippen LogP contribution in [0.3, 0.4) is 0 Å². The Morgan fingerprint density at radius 1 is 1.38 bits per heavy atom. The molecule has 0 fully saturated rings. The van der Waals surface area contributed by atoms with Gasteiger partial charge in [-0.15, -0.1) is 0 Å². The Bertz CT molecular complexity index is 264. The van der Waals surface area contributed by atoms with E-state index in [9.17, 15) is 4.79 Å². The molecule has 1 unspecified atom stereocenters. The van der Waals surface area contributed by atoms with Crippen molar-refractivity contribution < 1.29 is 29.4 Å². The van der Waals surface area contributed by atoms with Gasteiger partial charge in [0.25, 0.3) is 0 Å². The fraction of sp³-hybridized carbons (Fsp3) is 0.222. The van der Waals surface area contributed by atoms with Crippen LogP contribution < -0.4 is 5.32 Å². The van der Waals surface area contributed by atoms with Crippen molar-refractivity contribution in [2.75, 3.05) is 5.32 Å². The van der Waals surface area contributed by atoms with Gasteiger partial charge in [0, 0.05) is 25.2 Å². The number of anilines is 1. The van der Waals surface area contributed by atoms with Crippen LogP contribution in [0, 0.1) is 0 Å². The molecule has 0 aliphatic heterocycles. The molecule has 0 bridgehead atoms. The molecule has 3 nitrogen and oxygen atoms in total. The van der Waals surface area contributed by atoms with E-state index in [4.69, 9.17) is 5.11 Å². The van der Waals surface area contributed by atoms with Gasteiger partial charge in [-0.1, -0.05) is 18.2 Å². The van der Waals surface area contributed by atoms with E-state index in [1.165, 1.54) is 0 Å². The molecule has 1 aromatic rings. The molecule has 0 aliphatic carbocycles. The van der Waals surface area contributed by atoms with Crippen LogP contribution in [0.25, 0.3) is 0 Å². The zero-order chi connectivity index (χ0) is 8.97. The van der Waals surface area contributed by atoms with E-state index in [1.807, 2.05) is 30.3 Å². The number of carboxylic acids is 1. The van der Waals surface area contributed by atoms with Crippen molar-refractivity contribution in [2.24, 2.45) is 0 Å². The second-order valence-corrected chi connectivity index (χ2v) is 2.57. The number of carboxylic acid groups (broad SMARTS) is 1. The predicted molar refractivity (Wildman–Crippen MR) is 47.2 cm³/mol. The first-order valence-corrected chi connectivity index (χ1v) is 3.74. The molecule has 0 saturated heterocycles. The fourth-order valence-corrected chi connectivity index (χ4v) is 0.846. The summed E-state index contributed by atoms with van der Waals surface area (Å²) in [5, 5.41) is 11.4. The number of hydrogen-bond acceptors (Lipinski definition) is 2. The maximum absolute atomic E-state index is 10.4. The molecule has 0 saturated carbocycles. The number of benzene rings is 1. The summed E-state index contributed by atoms with van der Waals surface area (Å²) >= 11 is 0. The number of nitrogens with one attached hydrogen (secondary N) is 1. The van der Waals surface area contributed by atoms with Gasteiger partial charge >= 0.3 is 5.97 Å². The number of para-hydroxylation sites is 1. The minimum Gasteiger partial charge on any atom is -0.480 e. The summed E-state index contributed by atoms with van der Waals surface area (Å²) in [4.78, 5) is 10.4. The Morgan fingerprint density at radius 3 is 2.38 bits per heavy atom. The Hall–Kier alpha value is -0.887. The smallest absolute Gasteiger partial charge is 0.325 e. The zero-order valence-corrected chi connectivity index (χ0v) is 10.5. The van der Waals surface area contributed by atoms with Crippen LogP contribution in [0.15, 0.2) is 30.3 Å². The second kappa shape index (κ2) is 5.71. The molecule has 0 heterocycles. The van der Waals surface area contributed by atoms with Gasteiger partial charge in [-0.05, 0) is 19.1 Å². The van der Waals surface area contributed by atoms with Crippen molar-refractivity contribution in [1.29, 1.82) is 0 Å². The van der Waals surface area contributed by atoms with Crippen molar-refractivity contribution in [3.05, 3.63) is 30.3 Å². The van der Waals surface area contributed by atoms with Crippen molar-refractivity contribution in [3.63, 3.8) is 0 Å². The molecule has 2 N–H and O–H groups in total. The molecule has 1 atom stereocenters. The summed E-state index contributed by atoms with van der Waals surface area (Å²) in [5.74, 6) is -0.848. The Balaban J connectivity index is 0.00000144. The van der Waals surface area contributed by atoms with Gasteiger partial charge in [-0.3, -0.25) is 4.79 Å². The SMILES string of the molecule is CC(Nc1ccccc1)C(=O)O.[Zn]. The van der Waals surface area contributed by atoms with Crippen LogP contribution in [0.2, 0.25) is 0 Å². The quantitative estimate of drug-likeness (QED) is 0.775. The van der Waals surface area contributed by atoms with E-state index in [1.54, 1.807) is 6.92 Å². The van der Waals surface area contributed by atoms with Gasteiger partial charge in [0.15, 0.2) is 0 Å². The molecule has 0 aromatic heterocycles. The van der Waals surface area contributed by atoms with E-state index in [0.29, 0.717) is 0 Å². The molecule has 0 amide bonds. The third kappa shape index (κ3) is 4.04. The third-order valence-electron chi connectivity index (χ3n) is 1.53. The van der Waals surface area contributed by atoms with E-state index >= 15 is 0 Å². The van der Waals surface area contributed by atoms with Gasteiger partial charge in [-0.25, -0.2) is 0 Å². The summed E-state index contributed by atoms with van der Waals surface area (Å²) in [6, 6.07) is 8.72. The monoisotopic (exact) mass is 229 g/mol. The summed E-state index contributed by atoms with van der Waals surface area (Å²) in [6.45, 7) is 1.61. The molecular weight excluding hydrogens is 219 g/mol. The maximum atomic E-state index is 10.4. The van der Waals surface area contributed by atoms with E-state index < -0.39 is 12.0 Å². The molecular formula is C9H11NO2Zn. The molecule has 1 aromatic carbocycles. The van der Waals surface area contributed by atoms with Crippen LogP contribution in [-0.4, -0.2) is 17.1 Å². The summed E-state index contributed by atoms with van der Waals surface area (Å²) < 4.78 is 0. The summed E-state index contributed by atoms with van der Waals surface area (Å²) in [6.07, 6.45) is 0. The van der Waals surface area contributed by atoms with Gasteiger partial charge in [0.05, 0.1) is 0 Å². The minimum absolute atomic E-state index is 0. The summed E-state index contributed by atoms with van der Waals surface area (Å²) in [7, 11) is 0. The first-order valence-electron chi connectivity index (χ1n) is 3.74. The molecule has 1 rings (SSSR count). The average Bonchev–Trinajstić information content (AvgIpc) is 2.06. The van der Waals surface area contributed by atoms with Gasteiger partial charge < -0.3 is 10.4 Å². The van der Waals surface area contributed by atoms with Crippen molar-refractivity contribution in [3.8, 4) is 0 Å². The molecule has 66 valence electrons. The van der Waals surface area contributed by atoms with Crippen LogP contribution in [0.4, 0.5) is 5.69 Å². The minimum atomic E-state index is -0.848. The van der Waals surface area contributed by atoms with Crippen LogP contribution in [-0.2, 0) is 24.3 Å². The van der Waals surface area contributed by atoms with Gasteiger partial charge in [0.1, 0.15) is 6.04 Å². The predicted octanol–water partition coefficient (Wildman–Crippen LogP) is 1.57. The third-order valence-corrected chi connectivity index (χ3v) is 1.53. The largest absolute Gasteiger partial charge is 0.480 e. The normalized spacial score (nSPS) is 11.2. The number of rotatable bonds is 3. The maximum Gasteiger partial charge on any atom is 0.325 e. The standard InChI is InChI=1S/C9H11NO2.Zn/c1-7(9(11)12)10-8-5-3-2-4-6-8;/h2-7,10H,1H3,(H,11,12);. The van der Waals surface area contributed by atoms with Crippen molar-refractivity contribution in [2.45, 2.75) is 13.0 Å². The van der Waals surface area contributed by atoms with Crippen LogP contribution >= 0.6 is 0 Å². The zero-order valence-electron chi connectivity index (χ0n) is 7.53.